The molecule has 0 aliphatic carbocycles. The maximum Gasteiger partial charge on any atom is 0.257 e. The van der Waals surface area contributed by atoms with Crippen LogP contribution in [0.25, 0.3) is 0 Å². The Labute approximate surface area is 65.4 Å². The molecule has 0 saturated heterocycles. The highest BCUT2D eigenvalue weighted by molar-refractivity contribution is 7.67. The lowest BCUT2D eigenvalue weighted by atomic mass is 10.2. The zero-order valence-corrected chi connectivity index (χ0v) is 6.49. The number of ketones is 1. The summed E-state index contributed by atoms with van der Waals surface area (Å²) in [5.74, 6) is -0.665. The van der Waals surface area contributed by atoms with E-state index in [-0.39, 0.29) is 0 Å². The molecule has 6 heteroatoms. The zero-order chi connectivity index (χ0) is 8.85. The van der Waals surface area contributed by atoms with Crippen LogP contribution in [-0.4, -0.2) is 32.0 Å². The number of rotatable bonds is 5. The van der Waals surface area contributed by atoms with Gasteiger partial charge in [0.25, 0.3) is 11.0 Å². The summed E-state index contributed by atoms with van der Waals surface area (Å²) in [4.78, 5) is 10.5. The van der Waals surface area contributed by atoms with Gasteiger partial charge >= 0.3 is 0 Å². The lowest BCUT2D eigenvalue weighted by Crippen LogP contribution is -2.23. The van der Waals surface area contributed by atoms with Crippen LogP contribution in [0.15, 0.2) is 12.7 Å². The first-order chi connectivity index (χ1) is 5.07. The normalized spacial score (nSPS) is 12.9. The van der Waals surface area contributed by atoms with Crippen LogP contribution in [0.3, 0.4) is 0 Å². The monoisotopic (exact) mass is 180 g/mol. The van der Waals surface area contributed by atoms with Gasteiger partial charge < -0.3 is 5.11 Å². The standard InChI is InChI=1S/C5H8O5S/c1-2-4(6)5(7)3-10-11(8)9/h2,5,7,11H,1,3H2. The lowest BCUT2D eigenvalue weighted by molar-refractivity contribution is -0.123. The van der Waals surface area contributed by atoms with E-state index in [2.05, 4.69) is 10.8 Å². The number of hydrogen-bond donors (Lipinski definition) is 2. The topological polar surface area (TPSA) is 80.7 Å². The molecule has 0 radical (unpaired) electrons. The summed E-state index contributed by atoms with van der Waals surface area (Å²) >= 11 is 0. The molecular weight excluding hydrogens is 172 g/mol. The van der Waals surface area contributed by atoms with Crippen molar-refractivity contribution in [1.82, 2.24) is 0 Å². The third kappa shape index (κ3) is 4.65. The van der Waals surface area contributed by atoms with E-state index in [0.717, 1.165) is 6.08 Å². The molecule has 0 bridgehead atoms. The maximum absolute atomic E-state index is 10.5. The second-order valence-electron chi connectivity index (χ2n) is 1.64. The molecule has 0 rings (SSSR count). The highest BCUT2D eigenvalue weighted by Gasteiger charge is 2.11. The Morgan fingerprint density at radius 1 is 1.73 bits per heavy atom. The van der Waals surface area contributed by atoms with Crippen molar-refractivity contribution in [2.24, 2.45) is 0 Å². The molecule has 0 aliphatic heterocycles. The van der Waals surface area contributed by atoms with Gasteiger partial charge in [0.1, 0.15) is 6.10 Å². The SMILES string of the molecule is C=CC(=O)C(O)CO[SH](=O)=O. The average molecular weight is 180 g/mol. The fraction of sp³-hybridized carbons (Fsp3) is 0.400. The molecule has 1 unspecified atom stereocenters. The Kier molecular flexibility index (Phi) is 4.67. The van der Waals surface area contributed by atoms with E-state index in [9.17, 15) is 13.2 Å². The van der Waals surface area contributed by atoms with E-state index >= 15 is 0 Å². The van der Waals surface area contributed by atoms with Gasteiger partial charge in [0.15, 0.2) is 5.78 Å². The summed E-state index contributed by atoms with van der Waals surface area (Å²) in [5, 5.41) is 8.75. The van der Waals surface area contributed by atoms with Crippen molar-refractivity contribution in [1.29, 1.82) is 0 Å². The van der Waals surface area contributed by atoms with E-state index in [1.54, 1.807) is 0 Å². The third-order valence-corrected chi connectivity index (χ3v) is 1.23. The second kappa shape index (κ2) is 5.00. The molecule has 0 aromatic rings. The molecule has 0 aromatic carbocycles. The van der Waals surface area contributed by atoms with Gasteiger partial charge in [-0.25, -0.2) is 8.42 Å². The Balaban J connectivity index is 3.77. The molecule has 0 fully saturated rings. The molecule has 11 heavy (non-hydrogen) atoms. The van der Waals surface area contributed by atoms with Crippen LogP contribution < -0.4 is 0 Å². The largest absolute Gasteiger partial charge is 0.382 e. The van der Waals surface area contributed by atoms with Crippen molar-refractivity contribution in [3.63, 3.8) is 0 Å². The van der Waals surface area contributed by atoms with Gasteiger partial charge in [0.05, 0.1) is 6.61 Å². The quantitative estimate of drug-likeness (QED) is 0.403. The van der Waals surface area contributed by atoms with Crippen molar-refractivity contribution in [2.75, 3.05) is 6.61 Å². The highest BCUT2D eigenvalue weighted by Crippen LogP contribution is 1.88. The van der Waals surface area contributed by atoms with Gasteiger partial charge in [-0.3, -0.25) is 8.98 Å². The minimum atomic E-state index is -3.01. The van der Waals surface area contributed by atoms with Crippen LogP contribution in [0.1, 0.15) is 0 Å². The Morgan fingerprint density at radius 2 is 2.27 bits per heavy atom. The first-order valence-electron chi connectivity index (χ1n) is 2.69. The summed E-state index contributed by atoms with van der Waals surface area (Å²) < 4.78 is 23.5. The molecule has 5 nitrogen and oxygen atoms in total. The number of carbonyl (C=O) groups is 1. The van der Waals surface area contributed by atoms with Crippen molar-refractivity contribution >= 4 is 16.8 Å². The van der Waals surface area contributed by atoms with Crippen molar-refractivity contribution in [3.8, 4) is 0 Å². The predicted molar refractivity (Wildman–Crippen MR) is 37.5 cm³/mol. The van der Waals surface area contributed by atoms with Gasteiger partial charge in [0, 0.05) is 0 Å². The lowest BCUT2D eigenvalue weighted by Gasteiger charge is -2.01. The Morgan fingerprint density at radius 3 is 2.64 bits per heavy atom. The van der Waals surface area contributed by atoms with E-state index in [1.807, 2.05) is 0 Å². The van der Waals surface area contributed by atoms with Crippen molar-refractivity contribution in [3.05, 3.63) is 12.7 Å². The van der Waals surface area contributed by atoms with E-state index in [1.165, 1.54) is 0 Å². The van der Waals surface area contributed by atoms with E-state index in [4.69, 9.17) is 5.11 Å². The third-order valence-electron chi connectivity index (χ3n) is 0.867. The van der Waals surface area contributed by atoms with Gasteiger partial charge in [-0.1, -0.05) is 6.58 Å². The summed E-state index contributed by atoms with van der Waals surface area (Å²) in [6, 6.07) is 0. The Hall–Kier alpha value is -0.720. The van der Waals surface area contributed by atoms with Crippen LogP contribution in [0.5, 0.6) is 0 Å². The van der Waals surface area contributed by atoms with Gasteiger partial charge in [-0.2, -0.15) is 0 Å². The smallest absolute Gasteiger partial charge is 0.257 e. The molecule has 0 saturated carbocycles. The molecule has 0 aliphatic rings. The van der Waals surface area contributed by atoms with Crippen LogP contribution in [0.2, 0.25) is 0 Å². The average Bonchev–Trinajstić information content (AvgIpc) is 1.98. The molecule has 1 N–H and O–H groups in total. The summed E-state index contributed by atoms with van der Waals surface area (Å²) in [6.07, 6.45) is -0.549. The number of carbonyl (C=O) groups excluding carboxylic acids is 1. The zero-order valence-electron chi connectivity index (χ0n) is 5.60. The van der Waals surface area contributed by atoms with Crippen LogP contribution in [0.4, 0.5) is 0 Å². The van der Waals surface area contributed by atoms with Crippen molar-refractivity contribution < 1.29 is 22.5 Å². The van der Waals surface area contributed by atoms with Crippen LogP contribution >= 0.6 is 0 Å². The highest BCUT2D eigenvalue weighted by atomic mass is 32.2. The number of aliphatic hydroxyl groups is 1. The molecule has 0 amide bonds. The van der Waals surface area contributed by atoms with E-state index < -0.39 is 29.5 Å². The number of aliphatic hydroxyl groups excluding tert-OH is 1. The van der Waals surface area contributed by atoms with E-state index in [0.29, 0.717) is 0 Å². The molecule has 0 aromatic heterocycles. The first kappa shape index (κ1) is 10.3. The molecule has 0 spiro atoms. The molecule has 1 atom stereocenters. The van der Waals surface area contributed by atoms with Gasteiger partial charge in [-0.05, 0) is 6.08 Å². The molecular formula is C5H8O5S. The summed E-state index contributed by atoms with van der Waals surface area (Å²) in [7, 11) is -3.01. The second-order valence-corrected chi connectivity index (χ2v) is 2.35. The molecule has 64 valence electrons. The minimum Gasteiger partial charge on any atom is -0.382 e. The van der Waals surface area contributed by atoms with Crippen LogP contribution in [0, 0.1) is 0 Å². The summed E-state index contributed by atoms with van der Waals surface area (Å²) in [6.45, 7) is 2.54. The first-order valence-corrected chi connectivity index (χ1v) is 3.79. The van der Waals surface area contributed by atoms with Gasteiger partial charge in [0.2, 0.25) is 0 Å². The Bertz CT molecular complexity index is 211. The van der Waals surface area contributed by atoms with Crippen LogP contribution in [-0.2, 0) is 20.0 Å². The summed E-state index contributed by atoms with van der Waals surface area (Å²) in [5.41, 5.74) is 0. The number of hydrogen-bond acceptors (Lipinski definition) is 5. The van der Waals surface area contributed by atoms with Crippen molar-refractivity contribution in [2.45, 2.75) is 6.10 Å². The fourth-order valence-corrected chi connectivity index (χ4v) is 0.613. The number of thiol groups is 1. The minimum absolute atomic E-state index is 0.552. The molecule has 0 heterocycles. The fourth-order valence-electron chi connectivity index (χ4n) is 0.350. The maximum atomic E-state index is 10.5. The van der Waals surface area contributed by atoms with Gasteiger partial charge in [-0.15, -0.1) is 0 Å². The predicted octanol–water partition coefficient (Wildman–Crippen LogP) is -1.35.